The molecule has 3 amide bonds. The molecule has 0 radical (unpaired) electrons. The standard InChI is InChI=1S/C8H12N2O4/c1-5(2)14-8(13)10-3-6(11)9-7(12)4-10/h5H,3-4H2,1-2H3,(H,9,11,12). The summed E-state index contributed by atoms with van der Waals surface area (Å²) in [7, 11) is 0. The van der Waals surface area contributed by atoms with Crippen molar-refractivity contribution in [1.29, 1.82) is 0 Å². The highest BCUT2D eigenvalue weighted by Crippen LogP contribution is 2.00. The third kappa shape index (κ3) is 2.72. The van der Waals surface area contributed by atoms with Gasteiger partial charge in [0.2, 0.25) is 11.8 Å². The molecule has 0 unspecified atom stereocenters. The molecule has 1 aliphatic heterocycles. The second kappa shape index (κ2) is 4.08. The Morgan fingerprint density at radius 3 is 2.29 bits per heavy atom. The number of nitrogens with one attached hydrogen (secondary N) is 1. The molecule has 6 heteroatoms. The Bertz CT molecular complexity index is 259. The van der Waals surface area contributed by atoms with Crippen LogP contribution in [0.25, 0.3) is 0 Å². The summed E-state index contributed by atoms with van der Waals surface area (Å²) in [6, 6.07) is 0. The fraction of sp³-hybridized carbons (Fsp3) is 0.625. The van der Waals surface area contributed by atoms with E-state index in [1.807, 2.05) is 0 Å². The van der Waals surface area contributed by atoms with Gasteiger partial charge in [0.1, 0.15) is 13.1 Å². The Morgan fingerprint density at radius 1 is 1.36 bits per heavy atom. The molecule has 0 aliphatic carbocycles. The number of amides is 3. The number of carbonyl (C=O) groups is 3. The number of hydrogen-bond acceptors (Lipinski definition) is 4. The summed E-state index contributed by atoms with van der Waals surface area (Å²) in [6.07, 6.45) is -0.897. The SMILES string of the molecule is CC(C)OC(=O)N1CC(=O)NC(=O)C1. The van der Waals surface area contributed by atoms with Crippen molar-refractivity contribution >= 4 is 17.9 Å². The summed E-state index contributed by atoms with van der Waals surface area (Å²) in [5, 5.41) is 2.09. The Labute approximate surface area is 81.2 Å². The normalized spacial score (nSPS) is 16.9. The van der Waals surface area contributed by atoms with Crippen LogP contribution in [0.3, 0.4) is 0 Å². The van der Waals surface area contributed by atoms with Crippen LogP contribution >= 0.6 is 0 Å². The quantitative estimate of drug-likeness (QED) is 0.578. The molecule has 0 atom stereocenters. The summed E-state index contributed by atoms with van der Waals surface area (Å²) in [5.74, 6) is -0.969. The van der Waals surface area contributed by atoms with Crippen molar-refractivity contribution < 1.29 is 19.1 Å². The molecule has 0 aromatic heterocycles. The molecule has 78 valence electrons. The van der Waals surface area contributed by atoms with Crippen LogP contribution in [0.5, 0.6) is 0 Å². The van der Waals surface area contributed by atoms with E-state index >= 15 is 0 Å². The summed E-state index contributed by atoms with van der Waals surface area (Å²) in [5.41, 5.74) is 0. The largest absolute Gasteiger partial charge is 0.447 e. The molecule has 0 aromatic carbocycles. The molecular weight excluding hydrogens is 188 g/mol. The fourth-order valence-corrected chi connectivity index (χ4v) is 1.04. The first-order valence-electron chi connectivity index (χ1n) is 4.27. The zero-order chi connectivity index (χ0) is 10.7. The van der Waals surface area contributed by atoms with Gasteiger partial charge < -0.3 is 4.74 Å². The van der Waals surface area contributed by atoms with Gasteiger partial charge in [-0.05, 0) is 13.8 Å². The van der Waals surface area contributed by atoms with Crippen LogP contribution < -0.4 is 5.32 Å². The number of carbonyl (C=O) groups excluding carboxylic acids is 3. The molecule has 1 heterocycles. The predicted molar refractivity (Wildman–Crippen MR) is 46.3 cm³/mol. The maximum absolute atomic E-state index is 11.3. The van der Waals surface area contributed by atoms with Gasteiger partial charge in [0.25, 0.3) is 0 Å². The summed E-state index contributed by atoms with van der Waals surface area (Å²) in [4.78, 5) is 34.1. The van der Waals surface area contributed by atoms with Gasteiger partial charge in [-0.2, -0.15) is 0 Å². The number of imide groups is 1. The van der Waals surface area contributed by atoms with Crippen LogP contribution in [-0.2, 0) is 14.3 Å². The highest BCUT2D eigenvalue weighted by Gasteiger charge is 2.27. The number of rotatable bonds is 1. The second-order valence-electron chi connectivity index (χ2n) is 3.26. The lowest BCUT2D eigenvalue weighted by atomic mass is 10.3. The molecule has 1 rings (SSSR count). The maximum atomic E-state index is 11.3. The van der Waals surface area contributed by atoms with Crippen LogP contribution in [-0.4, -0.2) is 42.0 Å². The van der Waals surface area contributed by atoms with E-state index in [-0.39, 0.29) is 19.2 Å². The van der Waals surface area contributed by atoms with Crippen molar-refractivity contribution in [1.82, 2.24) is 10.2 Å². The van der Waals surface area contributed by atoms with Crippen molar-refractivity contribution in [2.45, 2.75) is 20.0 Å². The van der Waals surface area contributed by atoms with Crippen molar-refractivity contribution in [2.75, 3.05) is 13.1 Å². The van der Waals surface area contributed by atoms with Gasteiger partial charge >= 0.3 is 6.09 Å². The van der Waals surface area contributed by atoms with Crippen molar-refractivity contribution in [3.63, 3.8) is 0 Å². The monoisotopic (exact) mass is 200 g/mol. The molecule has 0 aromatic rings. The summed E-state index contributed by atoms with van der Waals surface area (Å²) < 4.78 is 4.84. The van der Waals surface area contributed by atoms with Crippen molar-refractivity contribution in [2.24, 2.45) is 0 Å². The molecule has 0 saturated carbocycles. The van der Waals surface area contributed by atoms with Gasteiger partial charge in [-0.3, -0.25) is 19.8 Å². The predicted octanol–water partition coefficient (Wildman–Crippen LogP) is -0.510. The zero-order valence-corrected chi connectivity index (χ0v) is 8.07. The van der Waals surface area contributed by atoms with E-state index in [9.17, 15) is 14.4 Å². The number of hydrogen-bond donors (Lipinski definition) is 1. The average Bonchev–Trinajstić information content (AvgIpc) is 2.00. The Hall–Kier alpha value is -1.59. The molecule has 0 bridgehead atoms. The van der Waals surface area contributed by atoms with Crippen LogP contribution in [0.4, 0.5) is 4.79 Å². The first-order valence-corrected chi connectivity index (χ1v) is 4.27. The smallest absolute Gasteiger partial charge is 0.410 e. The molecule has 1 aliphatic rings. The minimum atomic E-state index is -0.636. The van der Waals surface area contributed by atoms with E-state index in [0.717, 1.165) is 4.90 Å². The second-order valence-corrected chi connectivity index (χ2v) is 3.26. The average molecular weight is 200 g/mol. The van der Waals surface area contributed by atoms with E-state index in [2.05, 4.69) is 5.32 Å². The Morgan fingerprint density at radius 2 is 1.86 bits per heavy atom. The van der Waals surface area contributed by atoms with Crippen LogP contribution in [0, 0.1) is 0 Å². The van der Waals surface area contributed by atoms with Crippen LogP contribution in [0.15, 0.2) is 0 Å². The van der Waals surface area contributed by atoms with Gasteiger partial charge in [-0.25, -0.2) is 4.79 Å². The molecule has 1 fully saturated rings. The Balaban J connectivity index is 2.55. The van der Waals surface area contributed by atoms with Gasteiger partial charge in [0.05, 0.1) is 6.10 Å². The highest BCUT2D eigenvalue weighted by atomic mass is 16.6. The molecule has 14 heavy (non-hydrogen) atoms. The Kier molecular flexibility index (Phi) is 3.06. The lowest BCUT2D eigenvalue weighted by Crippen LogP contribution is -2.53. The van der Waals surface area contributed by atoms with Gasteiger partial charge in [0.15, 0.2) is 0 Å². The maximum Gasteiger partial charge on any atom is 0.410 e. The third-order valence-corrected chi connectivity index (χ3v) is 1.54. The van der Waals surface area contributed by atoms with E-state index in [1.165, 1.54) is 0 Å². The third-order valence-electron chi connectivity index (χ3n) is 1.54. The molecule has 1 N–H and O–H groups in total. The van der Waals surface area contributed by atoms with Crippen molar-refractivity contribution in [3.8, 4) is 0 Å². The summed E-state index contributed by atoms with van der Waals surface area (Å²) >= 11 is 0. The molecule has 0 spiro atoms. The first-order chi connectivity index (χ1) is 6.49. The molecule has 6 nitrogen and oxygen atoms in total. The van der Waals surface area contributed by atoms with Gasteiger partial charge in [0, 0.05) is 0 Å². The lowest BCUT2D eigenvalue weighted by molar-refractivity contribution is -0.135. The minimum Gasteiger partial charge on any atom is -0.447 e. The number of piperazine rings is 1. The van der Waals surface area contributed by atoms with Crippen LogP contribution in [0.2, 0.25) is 0 Å². The number of nitrogens with zero attached hydrogens (tertiary/aromatic N) is 1. The van der Waals surface area contributed by atoms with Gasteiger partial charge in [-0.15, -0.1) is 0 Å². The van der Waals surface area contributed by atoms with Crippen molar-refractivity contribution in [3.05, 3.63) is 0 Å². The highest BCUT2D eigenvalue weighted by molar-refractivity contribution is 6.01. The fourth-order valence-electron chi connectivity index (χ4n) is 1.04. The zero-order valence-electron chi connectivity index (χ0n) is 8.07. The van der Waals surface area contributed by atoms with E-state index in [1.54, 1.807) is 13.8 Å². The van der Waals surface area contributed by atoms with Crippen LogP contribution in [0.1, 0.15) is 13.8 Å². The van der Waals surface area contributed by atoms with E-state index in [4.69, 9.17) is 4.74 Å². The van der Waals surface area contributed by atoms with Gasteiger partial charge in [-0.1, -0.05) is 0 Å². The molecule has 1 saturated heterocycles. The topological polar surface area (TPSA) is 75.7 Å². The molecular formula is C8H12N2O4. The minimum absolute atomic E-state index is 0.128. The van der Waals surface area contributed by atoms with E-state index < -0.39 is 17.9 Å². The lowest BCUT2D eigenvalue weighted by Gasteiger charge is -2.25. The number of ether oxygens (including phenoxy) is 1. The van der Waals surface area contributed by atoms with E-state index in [0.29, 0.717) is 0 Å². The summed E-state index contributed by atoms with van der Waals surface area (Å²) in [6.45, 7) is 3.14. The first kappa shape index (κ1) is 10.5.